The molecular formula is C23H30F3NO3. The molecule has 2 aromatic rings. The molecule has 0 fully saturated rings. The number of halogens is 3. The number of carboxylic acids is 1. The number of nitrogens with two attached hydrogens (primary N) is 1. The largest absolute Gasteiger partial charge is 0.493 e. The fraction of sp³-hybridized carbons (Fsp3) is 0.435. The summed E-state index contributed by atoms with van der Waals surface area (Å²) in [6.07, 6.45) is 0.0627. The fourth-order valence-corrected chi connectivity index (χ4v) is 2.68. The molecular weight excluding hydrogens is 395 g/mol. The summed E-state index contributed by atoms with van der Waals surface area (Å²) in [7, 11) is 0. The van der Waals surface area contributed by atoms with Crippen molar-refractivity contribution in [1.29, 1.82) is 0 Å². The lowest BCUT2D eigenvalue weighted by atomic mass is 10.1. The number of carbonyl (C=O) groups is 1. The fourth-order valence-electron chi connectivity index (χ4n) is 2.68. The maximum Gasteiger partial charge on any atom is 0.419 e. The van der Waals surface area contributed by atoms with Crippen LogP contribution in [0.25, 0.3) is 0 Å². The quantitative estimate of drug-likeness (QED) is 0.485. The Bertz CT molecular complexity index is 749. The van der Waals surface area contributed by atoms with Crippen LogP contribution in [0.15, 0.2) is 48.5 Å². The molecule has 0 aliphatic carbocycles. The first-order valence-corrected chi connectivity index (χ1v) is 10.0. The molecule has 0 radical (unpaired) electrons. The maximum absolute atomic E-state index is 13.0. The summed E-state index contributed by atoms with van der Waals surface area (Å²) >= 11 is 0. The Morgan fingerprint density at radius 1 is 1.03 bits per heavy atom. The second kappa shape index (κ2) is 13.6. The standard InChI is InChI=1S/C19H21F3O.C4H9NO2/c1-15-11-12-18(17(14-15)19(20,21)22)23-13-7-3-6-10-16-8-4-2-5-9-16;5-3-1-2-4(6)7/h2,4-5,8-9,11-12,14H,3,6-7,10,13H2,1H3;1-3,5H2,(H,6,7). The van der Waals surface area contributed by atoms with Gasteiger partial charge in [-0.15, -0.1) is 0 Å². The molecule has 0 aliphatic rings. The van der Waals surface area contributed by atoms with Crippen LogP contribution < -0.4 is 10.5 Å². The highest BCUT2D eigenvalue weighted by Crippen LogP contribution is 2.36. The number of aryl methyl sites for hydroxylation is 2. The zero-order valence-electron chi connectivity index (χ0n) is 17.3. The molecule has 2 aromatic carbocycles. The van der Waals surface area contributed by atoms with Gasteiger partial charge in [0.25, 0.3) is 0 Å². The van der Waals surface area contributed by atoms with E-state index < -0.39 is 17.7 Å². The van der Waals surface area contributed by atoms with Gasteiger partial charge in [0.2, 0.25) is 0 Å². The van der Waals surface area contributed by atoms with Gasteiger partial charge in [-0.3, -0.25) is 4.79 Å². The third-order valence-electron chi connectivity index (χ3n) is 4.25. The van der Waals surface area contributed by atoms with E-state index in [0.29, 0.717) is 25.1 Å². The normalized spacial score (nSPS) is 10.8. The van der Waals surface area contributed by atoms with E-state index in [1.165, 1.54) is 11.6 Å². The van der Waals surface area contributed by atoms with Crippen molar-refractivity contribution in [3.63, 3.8) is 0 Å². The Morgan fingerprint density at radius 3 is 2.30 bits per heavy atom. The Balaban J connectivity index is 0.000000553. The van der Waals surface area contributed by atoms with Crippen LogP contribution in [0.5, 0.6) is 5.75 Å². The summed E-state index contributed by atoms with van der Waals surface area (Å²) in [5, 5.41) is 7.99. The molecule has 0 bridgehead atoms. The molecule has 0 aromatic heterocycles. The van der Waals surface area contributed by atoms with E-state index in [4.69, 9.17) is 15.6 Å². The van der Waals surface area contributed by atoms with Crippen molar-refractivity contribution in [2.75, 3.05) is 13.2 Å². The molecule has 0 aliphatic heterocycles. The summed E-state index contributed by atoms with van der Waals surface area (Å²) in [5.41, 5.74) is 6.18. The van der Waals surface area contributed by atoms with Crippen LogP contribution in [0.4, 0.5) is 13.2 Å². The van der Waals surface area contributed by atoms with Gasteiger partial charge in [-0.05, 0) is 63.3 Å². The van der Waals surface area contributed by atoms with Gasteiger partial charge in [0, 0.05) is 6.42 Å². The number of hydrogen-bond acceptors (Lipinski definition) is 3. The van der Waals surface area contributed by atoms with Crippen molar-refractivity contribution in [3.8, 4) is 5.75 Å². The molecule has 0 saturated heterocycles. The SMILES string of the molecule is Cc1ccc(OCCCCCc2ccccc2)c(C(F)(F)F)c1.NCCCC(=O)O. The average Bonchev–Trinajstić information content (AvgIpc) is 2.70. The lowest BCUT2D eigenvalue weighted by Crippen LogP contribution is -2.09. The van der Waals surface area contributed by atoms with Gasteiger partial charge >= 0.3 is 12.1 Å². The van der Waals surface area contributed by atoms with E-state index in [1.807, 2.05) is 18.2 Å². The van der Waals surface area contributed by atoms with Crippen LogP contribution in [0.2, 0.25) is 0 Å². The van der Waals surface area contributed by atoms with Crippen LogP contribution in [0, 0.1) is 6.92 Å². The number of benzene rings is 2. The van der Waals surface area contributed by atoms with E-state index >= 15 is 0 Å². The van der Waals surface area contributed by atoms with Gasteiger partial charge in [0.05, 0.1) is 12.2 Å². The highest BCUT2D eigenvalue weighted by molar-refractivity contribution is 5.66. The zero-order valence-corrected chi connectivity index (χ0v) is 17.3. The molecule has 0 spiro atoms. The summed E-state index contributed by atoms with van der Waals surface area (Å²) in [6, 6.07) is 14.3. The molecule has 0 saturated carbocycles. The topological polar surface area (TPSA) is 72.5 Å². The van der Waals surface area contributed by atoms with Crippen LogP contribution >= 0.6 is 0 Å². The number of alkyl halides is 3. The van der Waals surface area contributed by atoms with Crippen molar-refractivity contribution in [1.82, 2.24) is 0 Å². The molecule has 0 unspecified atom stereocenters. The zero-order chi connectivity index (χ0) is 22.4. The number of aliphatic carboxylic acids is 1. The number of unbranched alkanes of at least 4 members (excludes halogenated alkanes) is 2. The van der Waals surface area contributed by atoms with Gasteiger partial charge in [-0.2, -0.15) is 13.2 Å². The summed E-state index contributed by atoms with van der Waals surface area (Å²) in [4.78, 5) is 9.70. The monoisotopic (exact) mass is 425 g/mol. The van der Waals surface area contributed by atoms with E-state index in [9.17, 15) is 18.0 Å². The highest BCUT2D eigenvalue weighted by atomic mass is 19.4. The minimum absolute atomic E-state index is 0.0776. The smallest absolute Gasteiger partial charge is 0.419 e. The van der Waals surface area contributed by atoms with Crippen LogP contribution in [0.3, 0.4) is 0 Å². The van der Waals surface area contributed by atoms with E-state index in [1.54, 1.807) is 13.0 Å². The second-order valence-corrected chi connectivity index (χ2v) is 6.93. The number of hydrogen-bond donors (Lipinski definition) is 2. The highest BCUT2D eigenvalue weighted by Gasteiger charge is 2.34. The average molecular weight is 425 g/mol. The predicted molar refractivity (Wildman–Crippen MR) is 112 cm³/mol. The first-order valence-electron chi connectivity index (χ1n) is 10.0. The third-order valence-corrected chi connectivity index (χ3v) is 4.25. The summed E-state index contributed by atoms with van der Waals surface area (Å²) in [5.74, 6) is -0.850. The van der Waals surface area contributed by atoms with Gasteiger partial charge in [-0.25, -0.2) is 0 Å². The van der Waals surface area contributed by atoms with Crippen molar-refractivity contribution >= 4 is 5.97 Å². The van der Waals surface area contributed by atoms with E-state index in [0.717, 1.165) is 31.7 Å². The first kappa shape index (κ1) is 25.5. The summed E-state index contributed by atoms with van der Waals surface area (Å²) in [6.45, 7) is 2.41. The Morgan fingerprint density at radius 2 is 1.73 bits per heavy atom. The molecule has 166 valence electrons. The molecule has 30 heavy (non-hydrogen) atoms. The predicted octanol–water partition coefficient (Wildman–Crippen LogP) is 5.62. The maximum atomic E-state index is 13.0. The minimum Gasteiger partial charge on any atom is -0.493 e. The van der Waals surface area contributed by atoms with Crippen molar-refractivity contribution in [2.45, 2.75) is 51.6 Å². The molecule has 0 atom stereocenters. The second-order valence-electron chi connectivity index (χ2n) is 6.93. The number of ether oxygens (including phenoxy) is 1. The molecule has 3 N–H and O–H groups in total. The Labute approximate surface area is 175 Å². The van der Waals surface area contributed by atoms with Crippen LogP contribution in [0.1, 0.15) is 48.8 Å². The van der Waals surface area contributed by atoms with E-state index in [2.05, 4.69) is 12.1 Å². The molecule has 2 rings (SSSR count). The van der Waals surface area contributed by atoms with Crippen LogP contribution in [-0.4, -0.2) is 24.2 Å². The molecule has 0 amide bonds. The van der Waals surface area contributed by atoms with E-state index in [-0.39, 0.29) is 12.2 Å². The minimum atomic E-state index is -4.38. The Kier molecular flexibility index (Phi) is 11.6. The lowest BCUT2D eigenvalue weighted by Gasteiger charge is -2.14. The van der Waals surface area contributed by atoms with Gasteiger partial charge in [0.15, 0.2) is 0 Å². The number of rotatable bonds is 10. The molecule has 7 heteroatoms. The summed E-state index contributed by atoms with van der Waals surface area (Å²) < 4.78 is 44.2. The first-order chi connectivity index (χ1) is 14.2. The van der Waals surface area contributed by atoms with Crippen molar-refractivity contribution in [2.24, 2.45) is 5.73 Å². The Hall–Kier alpha value is -2.54. The number of carboxylic acid groups (broad SMARTS) is 1. The van der Waals surface area contributed by atoms with Gasteiger partial charge < -0.3 is 15.6 Å². The molecule has 0 heterocycles. The van der Waals surface area contributed by atoms with Crippen molar-refractivity contribution < 1.29 is 27.8 Å². The van der Waals surface area contributed by atoms with Gasteiger partial charge in [0.1, 0.15) is 5.75 Å². The molecule has 4 nitrogen and oxygen atoms in total. The third kappa shape index (κ3) is 10.9. The van der Waals surface area contributed by atoms with Gasteiger partial charge in [-0.1, -0.05) is 42.0 Å². The van der Waals surface area contributed by atoms with Crippen LogP contribution in [-0.2, 0) is 17.4 Å². The lowest BCUT2D eigenvalue weighted by molar-refractivity contribution is -0.139. The van der Waals surface area contributed by atoms with Crippen molar-refractivity contribution in [3.05, 3.63) is 65.2 Å².